The van der Waals surface area contributed by atoms with Crippen LogP contribution in [0, 0.1) is 5.82 Å². The van der Waals surface area contributed by atoms with Crippen molar-refractivity contribution in [3.63, 3.8) is 0 Å². The van der Waals surface area contributed by atoms with Gasteiger partial charge in [-0.1, -0.05) is 13.0 Å². The Balaban J connectivity index is 2.16. The summed E-state index contributed by atoms with van der Waals surface area (Å²) in [5.74, 6) is -0.538. The molecule has 1 unspecified atom stereocenters. The molecule has 1 fully saturated rings. The van der Waals surface area contributed by atoms with E-state index in [0.29, 0.717) is 24.7 Å². The quantitative estimate of drug-likeness (QED) is 0.765. The molecule has 0 aromatic heterocycles. The van der Waals surface area contributed by atoms with Crippen molar-refractivity contribution in [2.75, 3.05) is 12.8 Å². The molecule has 1 saturated carbocycles. The summed E-state index contributed by atoms with van der Waals surface area (Å²) in [6, 6.07) is 4.40. The molecule has 0 saturated heterocycles. The molecule has 4 nitrogen and oxygen atoms in total. The standard InChI is InChI=1S/C14H21FN2O2S2/c1-10(20-2)8-17-21(18,19)14-7-12(15)4-3-11(14)9-16-13-5-6-13/h3-4,7,10,13,16-17H,5-6,8-9H2,1-2H3. The molecule has 1 atom stereocenters. The maximum atomic E-state index is 13.4. The number of hydrogen-bond donors (Lipinski definition) is 2. The Morgan fingerprint density at radius 2 is 2.14 bits per heavy atom. The fraction of sp³-hybridized carbons (Fsp3) is 0.571. The van der Waals surface area contributed by atoms with Crippen LogP contribution in [-0.2, 0) is 16.6 Å². The van der Waals surface area contributed by atoms with E-state index in [9.17, 15) is 12.8 Å². The molecule has 1 aromatic rings. The van der Waals surface area contributed by atoms with Crippen molar-refractivity contribution >= 4 is 21.8 Å². The van der Waals surface area contributed by atoms with Crippen LogP contribution < -0.4 is 10.0 Å². The average molecular weight is 332 g/mol. The van der Waals surface area contributed by atoms with Crippen LogP contribution >= 0.6 is 11.8 Å². The van der Waals surface area contributed by atoms with Crippen molar-refractivity contribution in [2.24, 2.45) is 0 Å². The molecule has 0 spiro atoms. The Morgan fingerprint density at radius 3 is 2.76 bits per heavy atom. The molecule has 1 aromatic carbocycles. The zero-order valence-corrected chi connectivity index (χ0v) is 13.9. The largest absolute Gasteiger partial charge is 0.310 e. The number of sulfonamides is 1. The maximum Gasteiger partial charge on any atom is 0.241 e. The van der Waals surface area contributed by atoms with Crippen LogP contribution in [0.4, 0.5) is 4.39 Å². The van der Waals surface area contributed by atoms with Gasteiger partial charge in [0.1, 0.15) is 5.82 Å². The Bertz CT molecular complexity index is 589. The Morgan fingerprint density at radius 1 is 1.43 bits per heavy atom. The third-order valence-corrected chi connectivity index (χ3v) is 5.92. The van der Waals surface area contributed by atoms with Gasteiger partial charge in [-0.25, -0.2) is 17.5 Å². The first-order valence-corrected chi connectivity index (χ1v) is 9.74. The molecule has 1 aliphatic carbocycles. The monoisotopic (exact) mass is 332 g/mol. The predicted molar refractivity (Wildman–Crippen MR) is 84.4 cm³/mol. The molecule has 2 N–H and O–H groups in total. The van der Waals surface area contributed by atoms with Gasteiger partial charge in [0.05, 0.1) is 4.90 Å². The zero-order valence-electron chi connectivity index (χ0n) is 12.2. The van der Waals surface area contributed by atoms with E-state index in [0.717, 1.165) is 18.9 Å². The van der Waals surface area contributed by atoms with Gasteiger partial charge in [-0.3, -0.25) is 0 Å². The van der Waals surface area contributed by atoms with Crippen molar-refractivity contribution in [2.45, 2.75) is 42.5 Å². The zero-order chi connectivity index (χ0) is 15.5. The van der Waals surface area contributed by atoms with Crippen LogP contribution in [0.5, 0.6) is 0 Å². The first-order chi connectivity index (χ1) is 9.92. The van der Waals surface area contributed by atoms with Gasteiger partial charge in [0.2, 0.25) is 10.0 Å². The van der Waals surface area contributed by atoms with Crippen molar-refractivity contribution in [1.29, 1.82) is 0 Å². The van der Waals surface area contributed by atoms with Gasteiger partial charge in [-0.05, 0) is 36.8 Å². The summed E-state index contributed by atoms with van der Waals surface area (Å²) >= 11 is 1.58. The van der Waals surface area contributed by atoms with Crippen LogP contribution in [0.3, 0.4) is 0 Å². The average Bonchev–Trinajstić information content (AvgIpc) is 3.27. The molecular formula is C14H21FN2O2S2. The second-order valence-electron chi connectivity index (χ2n) is 5.31. The number of hydrogen-bond acceptors (Lipinski definition) is 4. The molecule has 7 heteroatoms. The number of nitrogens with one attached hydrogen (secondary N) is 2. The van der Waals surface area contributed by atoms with Gasteiger partial charge in [0, 0.05) is 24.4 Å². The summed E-state index contributed by atoms with van der Waals surface area (Å²) in [4.78, 5) is 0.0314. The van der Waals surface area contributed by atoms with Gasteiger partial charge in [-0.2, -0.15) is 11.8 Å². The van der Waals surface area contributed by atoms with E-state index >= 15 is 0 Å². The second kappa shape index (κ2) is 7.09. The van der Waals surface area contributed by atoms with Gasteiger partial charge in [0.15, 0.2) is 0 Å². The highest BCUT2D eigenvalue weighted by atomic mass is 32.2. The van der Waals surface area contributed by atoms with Crippen molar-refractivity contribution in [3.05, 3.63) is 29.6 Å². The summed E-state index contributed by atoms with van der Waals surface area (Å²) in [6.45, 7) is 2.71. The molecule has 0 aliphatic heterocycles. The lowest BCUT2D eigenvalue weighted by molar-refractivity contribution is 0.573. The van der Waals surface area contributed by atoms with Crippen LogP contribution in [0.1, 0.15) is 25.3 Å². The van der Waals surface area contributed by atoms with E-state index in [2.05, 4.69) is 10.0 Å². The third-order valence-electron chi connectivity index (χ3n) is 3.44. The Hall–Kier alpha value is -0.630. The predicted octanol–water partition coefficient (Wildman–Crippen LogP) is 2.11. The highest BCUT2D eigenvalue weighted by Crippen LogP contribution is 2.22. The highest BCUT2D eigenvalue weighted by Gasteiger charge is 2.23. The summed E-state index contributed by atoms with van der Waals surface area (Å²) in [7, 11) is -3.69. The Kier molecular flexibility index (Phi) is 5.65. The number of benzene rings is 1. The third kappa shape index (κ3) is 4.95. The van der Waals surface area contributed by atoms with E-state index in [-0.39, 0.29) is 10.1 Å². The lowest BCUT2D eigenvalue weighted by Crippen LogP contribution is -2.31. The van der Waals surface area contributed by atoms with Gasteiger partial charge < -0.3 is 5.32 Å². The molecule has 0 amide bonds. The van der Waals surface area contributed by atoms with Crippen LogP contribution in [0.15, 0.2) is 23.1 Å². The SMILES string of the molecule is CSC(C)CNS(=O)(=O)c1cc(F)ccc1CNC1CC1. The van der Waals surface area contributed by atoms with Crippen LogP contribution in [0.25, 0.3) is 0 Å². The minimum Gasteiger partial charge on any atom is -0.310 e. The van der Waals surface area contributed by atoms with Crippen molar-refractivity contribution in [1.82, 2.24) is 10.0 Å². The van der Waals surface area contributed by atoms with E-state index in [1.54, 1.807) is 11.8 Å². The van der Waals surface area contributed by atoms with Crippen LogP contribution in [0.2, 0.25) is 0 Å². The molecular weight excluding hydrogens is 311 g/mol. The minimum atomic E-state index is -3.69. The smallest absolute Gasteiger partial charge is 0.241 e. The van der Waals surface area contributed by atoms with E-state index in [1.807, 2.05) is 13.2 Å². The molecule has 0 radical (unpaired) electrons. The Labute approximate surface area is 129 Å². The highest BCUT2D eigenvalue weighted by molar-refractivity contribution is 7.99. The molecule has 21 heavy (non-hydrogen) atoms. The van der Waals surface area contributed by atoms with Crippen LogP contribution in [-0.4, -0.2) is 32.5 Å². The van der Waals surface area contributed by atoms with E-state index < -0.39 is 15.8 Å². The van der Waals surface area contributed by atoms with Gasteiger partial charge in [-0.15, -0.1) is 0 Å². The van der Waals surface area contributed by atoms with E-state index in [4.69, 9.17) is 0 Å². The fourth-order valence-corrected chi connectivity index (χ4v) is 3.59. The molecule has 0 bridgehead atoms. The van der Waals surface area contributed by atoms with Gasteiger partial charge >= 0.3 is 0 Å². The lowest BCUT2D eigenvalue weighted by Gasteiger charge is -2.14. The normalized spacial score (nSPS) is 16.9. The molecule has 0 heterocycles. The summed E-state index contributed by atoms with van der Waals surface area (Å²) in [6.07, 6.45) is 4.16. The summed E-state index contributed by atoms with van der Waals surface area (Å²) in [5, 5.41) is 3.43. The minimum absolute atomic E-state index is 0.0314. The summed E-state index contributed by atoms with van der Waals surface area (Å²) in [5.41, 5.74) is 0.604. The second-order valence-corrected chi connectivity index (χ2v) is 8.32. The molecule has 2 rings (SSSR count). The number of rotatable bonds is 8. The fourth-order valence-electron chi connectivity index (χ4n) is 1.85. The van der Waals surface area contributed by atoms with Crippen molar-refractivity contribution < 1.29 is 12.8 Å². The summed E-state index contributed by atoms with van der Waals surface area (Å²) < 4.78 is 40.7. The number of halogens is 1. The first kappa shape index (κ1) is 16.7. The molecule has 118 valence electrons. The number of thioether (sulfide) groups is 1. The maximum absolute atomic E-state index is 13.4. The topological polar surface area (TPSA) is 58.2 Å². The van der Waals surface area contributed by atoms with Gasteiger partial charge in [0.25, 0.3) is 0 Å². The molecule has 1 aliphatic rings. The lowest BCUT2D eigenvalue weighted by atomic mass is 10.2. The van der Waals surface area contributed by atoms with Crippen molar-refractivity contribution in [3.8, 4) is 0 Å². The first-order valence-electron chi connectivity index (χ1n) is 6.96. The van der Waals surface area contributed by atoms with E-state index in [1.165, 1.54) is 12.1 Å².